The molecule has 3 rings (SSSR count). The van der Waals surface area contributed by atoms with Gasteiger partial charge in [0.1, 0.15) is 5.82 Å². The van der Waals surface area contributed by atoms with E-state index in [0.29, 0.717) is 0 Å². The number of piperazine rings is 1. The summed E-state index contributed by atoms with van der Waals surface area (Å²) in [5, 5.41) is 1.11. The number of aromatic nitrogens is 1. The Morgan fingerprint density at radius 3 is 2.63 bits per heavy atom. The van der Waals surface area contributed by atoms with Gasteiger partial charge in [0, 0.05) is 45.5 Å². The Balaban J connectivity index is 1.67. The Hall–Kier alpha value is -1.39. The van der Waals surface area contributed by atoms with Gasteiger partial charge in [-0.15, -0.1) is 0 Å². The average molecular weight is 261 g/mol. The van der Waals surface area contributed by atoms with Crippen LogP contribution in [-0.2, 0) is 6.54 Å². The van der Waals surface area contributed by atoms with Crippen LogP contribution in [0.25, 0.3) is 10.9 Å². The highest BCUT2D eigenvalue weighted by atomic mass is 19.1. The molecule has 0 aliphatic carbocycles. The molecule has 2 heterocycles. The number of nitrogens with zero attached hydrogens (tertiary/aromatic N) is 3. The minimum absolute atomic E-state index is 0.160. The van der Waals surface area contributed by atoms with Crippen LogP contribution in [0.1, 0.15) is 0 Å². The van der Waals surface area contributed by atoms with E-state index in [1.807, 2.05) is 6.07 Å². The van der Waals surface area contributed by atoms with Crippen LogP contribution in [0, 0.1) is 5.82 Å². The Morgan fingerprint density at radius 2 is 1.84 bits per heavy atom. The van der Waals surface area contributed by atoms with Gasteiger partial charge in [0.2, 0.25) is 0 Å². The molecule has 0 bridgehead atoms. The van der Waals surface area contributed by atoms with Crippen LogP contribution in [0.15, 0.2) is 30.5 Å². The summed E-state index contributed by atoms with van der Waals surface area (Å²) in [6.07, 6.45) is 2.06. The first-order valence-corrected chi connectivity index (χ1v) is 6.88. The Kier molecular flexibility index (Phi) is 3.53. The monoisotopic (exact) mass is 261 g/mol. The number of halogens is 1. The predicted molar refractivity (Wildman–Crippen MR) is 75.8 cm³/mol. The number of fused-ring (bicyclic) bond motifs is 1. The topological polar surface area (TPSA) is 11.4 Å². The third-order valence-corrected chi connectivity index (χ3v) is 3.99. The van der Waals surface area contributed by atoms with Gasteiger partial charge in [0.15, 0.2) is 0 Å². The molecule has 0 unspecified atom stereocenters. The van der Waals surface area contributed by atoms with Crippen molar-refractivity contribution in [3.05, 3.63) is 36.3 Å². The zero-order valence-electron chi connectivity index (χ0n) is 11.3. The zero-order valence-corrected chi connectivity index (χ0v) is 11.3. The summed E-state index contributed by atoms with van der Waals surface area (Å²) in [7, 11) is 2.17. The second-order valence-electron chi connectivity index (χ2n) is 5.36. The van der Waals surface area contributed by atoms with Crippen molar-refractivity contribution in [2.45, 2.75) is 6.54 Å². The van der Waals surface area contributed by atoms with Crippen molar-refractivity contribution in [1.82, 2.24) is 14.4 Å². The van der Waals surface area contributed by atoms with Crippen molar-refractivity contribution >= 4 is 10.9 Å². The lowest BCUT2D eigenvalue weighted by molar-refractivity contribution is 0.150. The highest BCUT2D eigenvalue weighted by molar-refractivity contribution is 5.80. The predicted octanol–water partition coefficient (Wildman–Crippen LogP) is 2.03. The first kappa shape index (κ1) is 12.6. The molecule has 2 aromatic rings. The van der Waals surface area contributed by atoms with Gasteiger partial charge in [-0.3, -0.25) is 4.90 Å². The van der Waals surface area contributed by atoms with Crippen LogP contribution in [0.2, 0.25) is 0 Å². The molecule has 3 nitrogen and oxygen atoms in total. The first-order chi connectivity index (χ1) is 9.22. The summed E-state index contributed by atoms with van der Waals surface area (Å²) in [4.78, 5) is 4.84. The van der Waals surface area contributed by atoms with Gasteiger partial charge in [-0.25, -0.2) is 4.39 Å². The lowest BCUT2D eigenvalue weighted by Gasteiger charge is -2.32. The fourth-order valence-electron chi connectivity index (χ4n) is 2.67. The van der Waals surface area contributed by atoms with Crippen LogP contribution in [0.5, 0.6) is 0 Å². The standard InChI is InChI=1S/C15H20FN3/c1-17-6-8-18(9-7-17)10-11-19-5-4-13-2-3-14(16)12-15(13)19/h2-5,12H,6-11H2,1H3. The summed E-state index contributed by atoms with van der Waals surface area (Å²) in [6, 6.07) is 7.04. The van der Waals surface area contributed by atoms with Gasteiger partial charge >= 0.3 is 0 Å². The normalized spacial score (nSPS) is 18.2. The molecule has 1 fully saturated rings. The van der Waals surface area contributed by atoms with Crippen molar-refractivity contribution < 1.29 is 4.39 Å². The van der Waals surface area contributed by atoms with Crippen LogP contribution < -0.4 is 0 Å². The van der Waals surface area contributed by atoms with E-state index in [-0.39, 0.29) is 5.82 Å². The number of hydrogen-bond donors (Lipinski definition) is 0. The van der Waals surface area contributed by atoms with E-state index in [0.717, 1.165) is 50.2 Å². The summed E-state index contributed by atoms with van der Waals surface area (Å²) < 4.78 is 15.5. The summed E-state index contributed by atoms with van der Waals surface area (Å²) in [6.45, 7) is 6.50. The number of benzene rings is 1. The molecule has 0 spiro atoms. The van der Waals surface area contributed by atoms with E-state index in [1.54, 1.807) is 6.07 Å². The molecule has 1 aliphatic rings. The summed E-state index contributed by atoms with van der Waals surface area (Å²) in [5.41, 5.74) is 0.995. The maximum Gasteiger partial charge on any atom is 0.125 e. The van der Waals surface area contributed by atoms with Crippen LogP contribution >= 0.6 is 0 Å². The molecule has 0 saturated carbocycles. The van der Waals surface area contributed by atoms with Crippen molar-refractivity contribution in [2.75, 3.05) is 39.8 Å². The lowest BCUT2D eigenvalue weighted by Crippen LogP contribution is -2.45. The van der Waals surface area contributed by atoms with Crippen molar-refractivity contribution in [3.8, 4) is 0 Å². The molecule has 0 atom stereocenters. The quantitative estimate of drug-likeness (QED) is 0.837. The van der Waals surface area contributed by atoms with E-state index >= 15 is 0 Å². The van der Waals surface area contributed by atoms with Crippen molar-refractivity contribution in [1.29, 1.82) is 0 Å². The molecule has 1 aliphatic heterocycles. The molecule has 4 heteroatoms. The second-order valence-corrected chi connectivity index (χ2v) is 5.36. The Morgan fingerprint density at radius 1 is 1.05 bits per heavy atom. The molecule has 0 N–H and O–H groups in total. The SMILES string of the molecule is CN1CCN(CCn2ccc3ccc(F)cc32)CC1. The highest BCUT2D eigenvalue weighted by Gasteiger charge is 2.13. The molecule has 1 saturated heterocycles. The van der Waals surface area contributed by atoms with Gasteiger partial charge in [0.05, 0.1) is 5.52 Å². The highest BCUT2D eigenvalue weighted by Crippen LogP contribution is 2.17. The van der Waals surface area contributed by atoms with E-state index in [1.165, 1.54) is 6.07 Å². The second kappa shape index (κ2) is 5.31. The average Bonchev–Trinajstić information content (AvgIpc) is 2.80. The van der Waals surface area contributed by atoms with Crippen molar-refractivity contribution in [2.24, 2.45) is 0 Å². The Labute approximate surface area is 113 Å². The largest absolute Gasteiger partial charge is 0.346 e. The van der Waals surface area contributed by atoms with Gasteiger partial charge in [-0.05, 0) is 36.7 Å². The Bertz CT molecular complexity index is 556. The third-order valence-electron chi connectivity index (χ3n) is 3.99. The fourth-order valence-corrected chi connectivity index (χ4v) is 2.67. The number of likely N-dealkylation sites (N-methyl/N-ethyl adjacent to an activating group) is 1. The van der Waals surface area contributed by atoms with Gasteiger partial charge in [0.25, 0.3) is 0 Å². The molecule has 0 radical (unpaired) electrons. The molecule has 1 aromatic carbocycles. The molecular weight excluding hydrogens is 241 g/mol. The van der Waals surface area contributed by atoms with E-state index in [9.17, 15) is 4.39 Å². The van der Waals surface area contributed by atoms with Crippen LogP contribution in [-0.4, -0.2) is 54.1 Å². The van der Waals surface area contributed by atoms with Gasteiger partial charge < -0.3 is 9.47 Å². The third kappa shape index (κ3) is 2.80. The van der Waals surface area contributed by atoms with Gasteiger partial charge in [-0.1, -0.05) is 0 Å². The smallest absolute Gasteiger partial charge is 0.125 e. The maximum atomic E-state index is 13.3. The first-order valence-electron chi connectivity index (χ1n) is 6.88. The van der Waals surface area contributed by atoms with E-state index in [4.69, 9.17) is 0 Å². The molecule has 102 valence electrons. The van der Waals surface area contributed by atoms with Crippen LogP contribution in [0.4, 0.5) is 4.39 Å². The molecule has 1 aromatic heterocycles. The van der Waals surface area contributed by atoms with Crippen molar-refractivity contribution in [3.63, 3.8) is 0 Å². The zero-order chi connectivity index (χ0) is 13.2. The molecular formula is C15H20FN3. The lowest BCUT2D eigenvalue weighted by atomic mass is 10.2. The van der Waals surface area contributed by atoms with E-state index in [2.05, 4.69) is 33.7 Å². The molecule has 0 amide bonds. The number of rotatable bonds is 3. The summed E-state index contributed by atoms with van der Waals surface area (Å²) >= 11 is 0. The minimum Gasteiger partial charge on any atom is -0.346 e. The maximum absolute atomic E-state index is 13.3. The van der Waals surface area contributed by atoms with E-state index < -0.39 is 0 Å². The van der Waals surface area contributed by atoms with Crippen LogP contribution in [0.3, 0.4) is 0 Å². The van der Waals surface area contributed by atoms with Gasteiger partial charge in [-0.2, -0.15) is 0 Å². The number of hydrogen-bond acceptors (Lipinski definition) is 2. The fraction of sp³-hybridized carbons (Fsp3) is 0.467. The summed E-state index contributed by atoms with van der Waals surface area (Å²) in [5.74, 6) is -0.160. The molecule has 19 heavy (non-hydrogen) atoms. The minimum atomic E-state index is -0.160.